The summed E-state index contributed by atoms with van der Waals surface area (Å²) in [6.07, 6.45) is 3.09. The topological polar surface area (TPSA) is 77.0 Å². The van der Waals surface area contributed by atoms with Crippen LogP contribution in [0.5, 0.6) is 0 Å². The summed E-state index contributed by atoms with van der Waals surface area (Å²) in [6, 6.07) is 0. The Bertz CT molecular complexity index is 602. The number of halogens is 4. The first-order chi connectivity index (χ1) is 12.6. The van der Waals surface area contributed by atoms with Gasteiger partial charge in [0, 0.05) is 33.2 Å². The number of likely N-dealkylation sites (tertiary alicyclic amines) is 1. The molecule has 28 heavy (non-hydrogen) atoms. The summed E-state index contributed by atoms with van der Waals surface area (Å²) in [7, 11) is -1.41. The second-order valence-corrected chi connectivity index (χ2v) is 9.30. The molecular weight excluding hydrogens is 510 g/mol. The third kappa shape index (κ3) is 7.17. The predicted molar refractivity (Wildman–Crippen MR) is 114 cm³/mol. The first-order valence-corrected chi connectivity index (χ1v) is 10.8. The number of nitrogens with one attached hydrogen (secondary N) is 2. The molecule has 2 rings (SSSR count). The van der Waals surface area contributed by atoms with Gasteiger partial charge in [-0.05, 0) is 57.7 Å². The Labute approximate surface area is 182 Å². The third-order valence-corrected chi connectivity index (χ3v) is 7.01. The van der Waals surface area contributed by atoms with Crippen molar-refractivity contribution in [1.82, 2.24) is 19.8 Å². The van der Waals surface area contributed by atoms with Crippen LogP contribution in [0.3, 0.4) is 0 Å². The molecular formula is C16H31F3IN5O2S. The van der Waals surface area contributed by atoms with E-state index in [0.717, 1.165) is 32.5 Å². The van der Waals surface area contributed by atoms with Gasteiger partial charge in [-0.2, -0.15) is 17.5 Å². The first-order valence-electron chi connectivity index (χ1n) is 9.33. The number of sulfonamides is 1. The van der Waals surface area contributed by atoms with Crippen molar-refractivity contribution >= 4 is 40.0 Å². The van der Waals surface area contributed by atoms with Crippen LogP contribution in [0.25, 0.3) is 0 Å². The zero-order valence-corrected chi connectivity index (χ0v) is 19.5. The lowest BCUT2D eigenvalue weighted by molar-refractivity contribution is -0.0496. The summed E-state index contributed by atoms with van der Waals surface area (Å²) < 4.78 is 61.2. The van der Waals surface area contributed by atoms with Crippen LogP contribution in [-0.4, -0.2) is 82.5 Å². The Balaban J connectivity index is 0.00000392. The van der Waals surface area contributed by atoms with Gasteiger partial charge >= 0.3 is 15.5 Å². The summed E-state index contributed by atoms with van der Waals surface area (Å²) in [5.41, 5.74) is -5.22. The molecule has 2 N–H and O–H groups in total. The van der Waals surface area contributed by atoms with Gasteiger partial charge in [0.1, 0.15) is 0 Å². The van der Waals surface area contributed by atoms with Crippen molar-refractivity contribution in [3.8, 4) is 0 Å². The van der Waals surface area contributed by atoms with Crippen molar-refractivity contribution in [1.29, 1.82) is 0 Å². The molecule has 2 saturated heterocycles. The van der Waals surface area contributed by atoms with Crippen molar-refractivity contribution in [3.05, 3.63) is 0 Å². The molecule has 0 radical (unpaired) electrons. The van der Waals surface area contributed by atoms with Crippen molar-refractivity contribution in [2.75, 3.05) is 53.4 Å². The van der Waals surface area contributed by atoms with Crippen LogP contribution in [0.1, 0.15) is 25.7 Å². The van der Waals surface area contributed by atoms with Gasteiger partial charge in [-0.1, -0.05) is 0 Å². The maximum Gasteiger partial charge on any atom is 0.511 e. The Kier molecular flexibility index (Phi) is 10.2. The summed E-state index contributed by atoms with van der Waals surface area (Å²) in [5.74, 6) is 1.40. The van der Waals surface area contributed by atoms with Gasteiger partial charge in [0.05, 0.1) is 0 Å². The monoisotopic (exact) mass is 541 g/mol. The molecule has 166 valence electrons. The molecule has 0 spiro atoms. The quantitative estimate of drug-likeness (QED) is 0.315. The van der Waals surface area contributed by atoms with Crippen LogP contribution in [0, 0.1) is 11.8 Å². The normalized spacial score (nSPS) is 22.0. The van der Waals surface area contributed by atoms with Gasteiger partial charge in [0.25, 0.3) is 0 Å². The van der Waals surface area contributed by atoms with Crippen molar-refractivity contribution in [2.45, 2.75) is 31.2 Å². The molecule has 0 amide bonds. The van der Waals surface area contributed by atoms with Crippen molar-refractivity contribution in [2.24, 2.45) is 16.8 Å². The molecule has 2 heterocycles. The van der Waals surface area contributed by atoms with E-state index in [-0.39, 0.29) is 43.0 Å². The number of guanidine groups is 1. The van der Waals surface area contributed by atoms with Gasteiger partial charge in [-0.25, -0.2) is 8.42 Å². The average Bonchev–Trinajstić information content (AvgIpc) is 2.62. The van der Waals surface area contributed by atoms with E-state index in [4.69, 9.17) is 0 Å². The summed E-state index contributed by atoms with van der Waals surface area (Å²) in [5, 5.41) is 6.52. The predicted octanol–water partition coefficient (Wildman–Crippen LogP) is 1.67. The number of hydrogen-bond acceptors (Lipinski definition) is 4. The fraction of sp³-hybridized carbons (Fsp3) is 0.938. The van der Waals surface area contributed by atoms with E-state index >= 15 is 0 Å². The molecule has 0 atom stereocenters. The van der Waals surface area contributed by atoms with E-state index in [2.05, 4.69) is 27.6 Å². The lowest BCUT2D eigenvalue weighted by atomic mass is 9.97. The number of piperidine rings is 2. The van der Waals surface area contributed by atoms with Gasteiger partial charge < -0.3 is 15.5 Å². The molecule has 12 heteroatoms. The van der Waals surface area contributed by atoms with Crippen molar-refractivity contribution < 1.29 is 21.6 Å². The number of rotatable bonds is 5. The summed E-state index contributed by atoms with van der Waals surface area (Å²) >= 11 is 0. The van der Waals surface area contributed by atoms with Gasteiger partial charge in [-0.3, -0.25) is 4.99 Å². The Hall–Kier alpha value is -0.340. The average molecular weight is 541 g/mol. The van der Waals surface area contributed by atoms with Crippen LogP contribution in [0.4, 0.5) is 13.2 Å². The summed E-state index contributed by atoms with van der Waals surface area (Å²) in [4.78, 5) is 6.50. The molecule has 0 unspecified atom stereocenters. The van der Waals surface area contributed by atoms with Gasteiger partial charge in [0.2, 0.25) is 0 Å². The molecule has 0 aromatic rings. The maximum absolute atomic E-state index is 12.6. The minimum Gasteiger partial charge on any atom is -0.356 e. The lowest BCUT2D eigenvalue weighted by Gasteiger charge is -2.32. The molecule has 2 aliphatic rings. The Morgan fingerprint density at radius 1 is 1.00 bits per heavy atom. The second-order valence-electron chi connectivity index (χ2n) is 7.37. The highest BCUT2D eigenvalue weighted by molar-refractivity contribution is 14.0. The van der Waals surface area contributed by atoms with Gasteiger partial charge in [-0.15, -0.1) is 24.0 Å². The van der Waals surface area contributed by atoms with E-state index in [1.165, 1.54) is 0 Å². The van der Waals surface area contributed by atoms with E-state index in [1.807, 2.05) is 0 Å². The number of hydrogen-bond donors (Lipinski definition) is 2. The second kappa shape index (κ2) is 11.2. The number of aliphatic imine (C=N–C) groups is 1. The minimum absolute atomic E-state index is 0. The molecule has 0 aliphatic carbocycles. The van der Waals surface area contributed by atoms with Crippen molar-refractivity contribution in [3.63, 3.8) is 0 Å². The highest BCUT2D eigenvalue weighted by atomic mass is 127. The smallest absolute Gasteiger partial charge is 0.356 e. The molecule has 2 aliphatic heterocycles. The first kappa shape index (κ1) is 25.7. The van der Waals surface area contributed by atoms with Crippen LogP contribution < -0.4 is 10.6 Å². The zero-order valence-electron chi connectivity index (χ0n) is 16.3. The van der Waals surface area contributed by atoms with E-state index in [0.29, 0.717) is 35.6 Å². The van der Waals surface area contributed by atoms with Crippen LogP contribution in [0.15, 0.2) is 4.99 Å². The van der Waals surface area contributed by atoms with E-state index in [9.17, 15) is 21.6 Å². The van der Waals surface area contributed by atoms with Gasteiger partial charge in [0.15, 0.2) is 5.96 Å². The van der Waals surface area contributed by atoms with Crippen LogP contribution >= 0.6 is 24.0 Å². The highest BCUT2D eigenvalue weighted by Crippen LogP contribution is 2.30. The zero-order chi connectivity index (χ0) is 20.1. The maximum atomic E-state index is 12.6. The Morgan fingerprint density at radius 2 is 1.43 bits per heavy atom. The third-order valence-electron chi connectivity index (χ3n) is 5.38. The summed E-state index contributed by atoms with van der Waals surface area (Å²) in [6.45, 7) is 3.39. The van der Waals surface area contributed by atoms with Crippen LogP contribution in [-0.2, 0) is 10.0 Å². The highest BCUT2D eigenvalue weighted by Gasteiger charge is 2.50. The number of nitrogens with zero attached hydrogens (tertiary/aromatic N) is 3. The standard InChI is InChI=1S/C16H30F3N5O2S.HI/c1-20-15(21-11-13-3-7-23(2)8-4-13)22-12-14-5-9-24(10-6-14)27(25,26)16(17,18)19;/h13-14H,3-12H2,1-2H3,(H2,20,21,22);1H. The fourth-order valence-electron chi connectivity index (χ4n) is 3.47. The van der Waals surface area contributed by atoms with Crippen LogP contribution in [0.2, 0.25) is 0 Å². The molecule has 7 nitrogen and oxygen atoms in total. The van der Waals surface area contributed by atoms with E-state index < -0.39 is 15.5 Å². The molecule has 0 saturated carbocycles. The lowest BCUT2D eigenvalue weighted by Crippen LogP contribution is -2.47. The Morgan fingerprint density at radius 3 is 1.82 bits per heavy atom. The molecule has 2 fully saturated rings. The minimum atomic E-state index is -5.22. The number of alkyl halides is 3. The molecule has 0 bridgehead atoms. The molecule has 0 aromatic heterocycles. The fourth-order valence-corrected chi connectivity index (χ4v) is 4.45. The molecule has 0 aromatic carbocycles. The largest absolute Gasteiger partial charge is 0.511 e. The van der Waals surface area contributed by atoms with E-state index in [1.54, 1.807) is 7.05 Å². The SMILES string of the molecule is CN=C(NCC1CCN(C)CC1)NCC1CCN(S(=O)(=O)C(F)(F)F)CC1.I.